The van der Waals surface area contributed by atoms with Crippen molar-refractivity contribution in [2.45, 2.75) is 10.8 Å². The zero-order valence-corrected chi connectivity index (χ0v) is 54.3. The molecule has 7 heteroatoms. The molecule has 2 aliphatic heterocycles. The number of fused-ring (bicyclic) bond motifs is 21. The number of para-hydroxylation sites is 3. The number of rotatable bonds is 8. The van der Waals surface area contributed by atoms with Crippen LogP contribution in [-0.2, 0) is 10.8 Å². The lowest BCUT2D eigenvalue weighted by molar-refractivity contribution is 0.436. The summed E-state index contributed by atoms with van der Waals surface area (Å²) in [6.07, 6.45) is 0. The van der Waals surface area contributed by atoms with Gasteiger partial charge in [0.2, 0.25) is 0 Å². The Morgan fingerprint density at radius 2 is 0.574 bits per heavy atom. The lowest BCUT2D eigenvalue weighted by atomic mass is 9.66. The first-order valence-corrected chi connectivity index (χ1v) is 34.3. The van der Waals surface area contributed by atoms with E-state index in [1.54, 1.807) is 0 Å². The molecule has 0 bridgehead atoms. The van der Waals surface area contributed by atoms with Gasteiger partial charge in [-0.3, -0.25) is 0 Å². The van der Waals surface area contributed by atoms with Crippen molar-refractivity contribution in [3.8, 4) is 135 Å². The fourth-order valence-corrected chi connectivity index (χ4v) is 16.9. The molecule has 2 spiro atoms. The standard InChI is InChI=1S/C94H56N4O3/c1-4-22-57(23-5-1)65-45-40-60(51-72(65)84-56-83(97-92(98-84)59-26-8-3-9-27-59)64-44-48-79-89(54-64)100-86-38-20-17-35-77(86)93(79)73-32-14-10-28-66(73)67-29-11-15-33-74(67)93)61-42-47-76-71(50-61)68-30-12-16-34-75(68)94(76)78-36-18-21-39-87(78)101-90-53-63(43-49-80(90)94)82-55-81(95-91(96-82)58-24-6-2-7-25-58)62-41-46-70-69-31-13-19-37-85(69)99-88(70)52-62/h1-56H. The Labute approximate surface area is 582 Å². The van der Waals surface area contributed by atoms with Gasteiger partial charge in [0.15, 0.2) is 11.6 Å². The van der Waals surface area contributed by atoms with Gasteiger partial charge in [0.1, 0.15) is 34.2 Å². The third kappa shape index (κ3) is 8.54. The maximum atomic E-state index is 7.14. The quantitative estimate of drug-likeness (QED) is 0.150. The highest BCUT2D eigenvalue weighted by Gasteiger charge is 2.53. The Balaban J connectivity index is 0.704. The van der Waals surface area contributed by atoms with Crippen molar-refractivity contribution in [3.63, 3.8) is 0 Å². The number of hydrogen-bond acceptors (Lipinski definition) is 7. The largest absolute Gasteiger partial charge is 0.457 e. The second-order valence-electron chi connectivity index (χ2n) is 26.6. The van der Waals surface area contributed by atoms with E-state index in [1.807, 2.05) is 42.5 Å². The molecule has 1 atom stereocenters. The van der Waals surface area contributed by atoms with Crippen LogP contribution in [0.4, 0.5) is 0 Å². The molecule has 0 saturated heterocycles. The molecule has 21 rings (SSSR count). The van der Waals surface area contributed by atoms with Crippen LogP contribution in [0.15, 0.2) is 344 Å². The van der Waals surface area contributed by atoms with E-state index in [1.165, 1.54) is 38.9 Å². The average Bonchev–Trinajstić information content (AvgIpc) is 1.58. The van der Waals surface area contributed by atoms with Crippen molar-refractivity contribution in [2.75, 3.05) is 0 Å². The van der Waals surface area contributed by atoms with E-state index in [-0.39, 0.29) is 0 Å². The summed E-state index contributed by atoms with van der Waals surface area (Å²) < 4.78 is 20.6. The number of nitrogens with zero attached hydrogens (tertiary/aromatic N) is 4. The topological polar surface area (TPSA) is 83.2 Å². The third-order valence-corrected chi connectivity index (χ3v) is 21.3. The van der Waals surface area contributed by atoms with E-state index in [9.17, 15) is 0 Å². The van der Waals surface area contributed by atoms with Crippen molar-refractivity contribution >= 4 is 21.9 Å². The van der Waals surface area contributed by atoms with Gasteiger partial charge in [-0.25, -0.2) is 19.9 Å². The molecular weight excluding hydrogens is 1230 g/mol. The van der Waals surface area contributed by atoms with Crippen molar-refractivity contribution < 1.29 is 13.9 Å². The van der Waals surface area contributed by atoms with Gasteiger partial charge in [0, 0.05) is 66.4 Å². The van der Waals surface area contributed by atoms with Crippen LogP contribution in [-0.4, -0.2) is 19.9 Å². The molecule has 14 aromatic carbocycles. The molecule has 1 unspecified atom stereocenters. The minimum absolute atomic E-state index is 0.592. The molecule has 0 fully saturated rings. The summed E-state index contributed by atoms with van der Waals surface area (Å²) in [6.45, 7) is 0. The minimum Gasteiger partial charge on any atom is -0.457 e. The summed E-state index contributed by atoms with van der Waals surface area (Å²) in [5, 5.41) is 2.15. The molecule has 0 radical (unpaired) electrons. The maximum absolute atomic E-state index is 7.14. The normalized spacial score (nSPS) is 14.4. The summed E-state index contributed by atoms with van der Waals surface area (Å²) in [5.74, 6) is 4.45. The van der Waals surface area contributed by atoms with E-state index >= 15 is 0 Å². The van der Waals surface area contributed by atoms with Gasteiger partial charge in [-0.05, 0) is 133 Å². The monoisotopic (exact) mass is 1290 g/mol. The lowest BCUT2D eigenvalue weighted by Crippen LogP contribution is -2.32. The van der Waals surface area contributed by atoms with Crippen molar-refractivity contribution in [1.82, 2.24) is 19.9 Å². The molecule has 470 valence electrons. The van der Waals surface area contributed by atoms with Gasteiger partial charge in [0.25, 0.3) is 0 Å². The van der Waals surface area contributed by atoms with Gasteiger partial charge in [-0.1, -0.05) is 273 Å². The average molecular weight is 1290 g/mol. The molecule has 0 saturated carbocycles. The van der Waals surface area contributed by atoms with Crippen LogP contribution in [0.5, 0.6) is 23.0 Å². The smallest absolute Gasteiger partial charge is 0.160 e. The molecule has 4 aliphatic rings. The zero-order valence-electron chi connectivity index (χ0n) is 54.3. The Bertz CT molecular complexity index is 6250. The predicted molar refractivity (Wildman–Crippen MR) is 403 cm³/mol. The lowest BCUT2D eigenvalue weighted by Gasteiger charge is -2.39. The van der Waals surface area contributed by atoms with Crippen LogP contribution in [0.2, 0.25) is 0 Å². The summed E-state index contributed by atoms with van der Waals surface area (Å²) >= 11 is 0. The summed E-state index contributed by atoms with van der Waals surface area (Å²) in [4.78, 5) is 21.5. The SMILES string of the molecule is c1ccc(-c2nc(-c3ccc4c(c3)Oc3ccccc3C43c4ccccc4-c4cc(-c5ccc(-c6ccccc6)c(-c6cc(-c7ccc8c(c7)Oc7ccccc7C87c8ccccc8-c8ccccc87)nc(-c7ccccc7)n6)c5)ccc43)cc(-c3ccc4c(c3)oc3ccccc34)n2)cc1. The van der Waals surface area contributed by atoms with Crippen LogP contribution >= 0.6 is 0 Å². The predicted octanol–water partition coefficient (Wildman–Crippen LogP) is 23.4. The maximum Gasteiger partial charge on any atom is 0.160 e. The number of aromatic nitrogens is 4. The highest BCUT2D eigenvalue weighted by molar-refractivity contribution is 6.06. The highest BCUT2D eigenvalue weighted by atomic mass is 16.5. The molecular formula is C94H56N4O3. The molecule has 7 nitrogen and oxygen atoms in total. The van der Waals surface area contributed by atoms with Gasteiger partial charge in [-0.2, -0.15) is 0 Å². The van der Waals surface area contributed by atoms with Gasteiger partial charge >= 0.3 is 0 Å². The minimum atomic E-state index is -0.730. The Morgan fingerprint density at radius 1 is 0.198 bits per heavy atom. The first kappa shape index (κ1) is 56.8. The summed E-state index contributed by atoms with van der Waals surface area (Å²) in [5.41, 5.74) is 27.4. The summed E-state index contributed by atoms with van der Waals surface area (Å²) in [7, 11) is 0. The van der Waals surface area contributed by atoms with Gasteiger partial charge in [-0.15, -0.1) is 0 Å². The molecule has 101 heavy (non-hydrogen) atoms. The number of ether oxygens (including phenoxy) is 2. The molecule has 5 heterocycles. The fraction of sp³-hybridized carbons (Fsp3) is 0.0213. The van der Waals surface area contributed by atoms with Crippen LogP contribution in [0.3, 0.4) is 0 Å². The van der Waals surface area contributed by atoms with Crippen molar-refractivity contribution in [3.05, 3.63) is 384 Å². The van der Waals surface area contributed by atoms with Crippen LogP contribution in [0.25, 0.3) is 134 Å². The fourth-order valence-electron chi connectivity index (χ4n) is 16.9. The Morgan fingerprint density at radius 3 is 1.14 bits per heavy atom. The second kappa shape index (κ2) is 22.1. The van der Waals surface area contributed by atoms with Crippen molar-refractivity contribution in [1.29, 1.82) is 0 Å². The second-order valence-corrected chi connectivity index (χ2v) is 26.6. The zero-order chi connectivity index (χ0) is 66.3. The highest BCUT2D eigenvalue weighted by Crippen LogP contribution is 2.65. The first-order valence-electron chi connectivity index (χ1n) is 34.3. The van der Waals surface area contributed by atoms with E-state index in [4.69, 9.17) is 33.8 Å². The van der Waals surface area contributed by atoms with Crippen LogP contribution < -0.4 is 9.47 Å². The van der Waals surface area contributed by atoms with Gasteiger partial charge < -0.3 is 13.9 Å². The van der Waals surface area contributed by atoms with E-state index in [2.05, 4.69) is 297 Å². The van der Waals surface area contributed by atoms with Crippen LogP contribution in [0.1, 0.15) is 44.5 Å². The number of furan rings is 1. The third-order valence-electron chi connectivity index (χ3n) is 21.3. The Kier molecular flexibility index (Phi) is 12.4. The molecule has 0 amide bonds. The van der Waals surface area contributed by atoms with Crippen LogP contribution in [0, 0.1) is 0 Å². The van der Waals surface area contributed by atoms with E-state index in [0.717, 1.165) is 151 Å². The number of hydrogen-bond donors (Lipinski definition) is 0. The number of benzene rings is 14. The molecule has 2 aliphatic carbocycles. The first-order chi connectivity index (χ1) is 50.0. The van der Waals surface area contributed by atoms with Gasteiger partial charge in [0.05, 0.1) is 33.6 Å². The molecule has 0 N–H and O–H groups in total. The Hall–Kier alpha value is -13.4. The molecule has 3 aromatic heterocycles. The molecule has 17 aromatic rings. The van der Waals surface area contributed by atoms with Crippen molar-refractivity contribution in [2.24, 2.45) is 0 Å². The summed E-state index contributed by atoms with van der Waals surface area (Å²) in [6, 6.07) is 121. The van der Waals surface area contributed by atoms with E-state index < -0.39 is 10.8 Å². The van der Waals surface area contributed by atoms with E-state index in [0.29, 0.717) is 11.6 Å².